The van der Waals surface area contributed by atoms with Crippen LogP contribution in [0, 0.1) is 0 Å². The summed E-state index contributed by atoms with van der Waals surface area (Å²) >= 11 is 9.47. The Hall–Kier alpha value is -1.72. The highest BCUT2D eigenvalue weighted by atomic mass is 79.9. The van der Waals surface area contributed by atoms with E-state index in [4.69, 9.17) is 17.3 Å². The topological polar surface area (TPSA) is 67.2 Å². The molecule has 0 aromatic heterocycles. The molecule has 0 saturated heterocycles. The van der Waals surface area contributed by atoms with E-state index >= 15 is 0 Å². The van der Waals surface area contributed by atoms with Crippen molar-refractivity contribution in [2.45, 2.75) is 6.92 Å². The summed E-state index contributed by atoms with van der Waals surface area (Å²) in [7, 11) is 0. The van der Waals surface area contributed by atoms with Gasteiger partial charge in [0.25, 0.3) is 5.91 Å². The third-order valence-corrected chi connectivity index (χ3v) is 4.27. The molecular weight excluding hydrogens is 354 g/mol. The van der Waals surface area contributed by atoms with E-state index in [0.29, 0.717) is 28.5 Å². The minimum absolute atomic E-state index is 0.139. The summed E-state index contributed by atoms with van der Waals surface area (Å²) < 4.78 is 0.763. The Morgan fingerprint density at radius 2 is 2.05 bits per heavy atom. The predicted molar refractivity (Wildman–Crippen MR) is 91.3 cm³/mol. The standard InChI is InChI=1S/C15H15BrClN3O/c1-2-19-15(21)9-6-7-12(11(18)8-9)20-13-5-3-4-10(17)14(13)16/h3-8,20H,2,18H2,1H3,(H,19,21). The molecule has 2 aromatic carbocycles. The van der Waals surface area contributed by atoms with Gasteiger partial charge in [0.2, 0.25) is 0 Å². The lowest BCUT2D eigenvalue weighted by Gasteiger charge is -2.13. The number of benzene rings is 2. The van der Waals surface area contributed by atoms with E-state index in [1.54, 1.807) is 24.3 Å². The maximum Gasteiger partial charge on any atom is 0.251 e. The lowest BCUT2D eigenvalue weighted by atomic mass is 10.1. The second-order valence-electron chi connectivity index (χ2n) is 4.39. The number of hydrogen-bond acceptors (Lipinski definition) is 3. The molecule has 0 aliphatic heterocycles. The van der Waals surface area contributed by atoms with Crippen molar-refractivity contribution >= 4 is 50.5 Å². The summed E-state index contributed by atoms with van der Waals surface area (Å²) in [6.07, 6.45) is 0. The molecule has 0 spiro atoms. The van der Waals surface area contributed by atoms with Crippen LogP contribution in [0.15, 0.2) is 40.9 Å². The number of anilines is 3. The maximum absolute atomic E-state index is 11.8. The fraction of sp³-hybridized carbons (Fsp3) is 0.133. The monoisotopic (exact) mass is 367 g/mol. The van der Waals surface area contributed by atoms with Crippen molar-refractivity contribution in [2.24, 2.45) is 0 Å². The zero-order valence-electron chi connectivity index (χ0n) is 11.4. The Bertz CT molecular complexity index is 676. The second-order valence-corrected chi connectivity index (χ2v) is 5.59. The minimum Gasteiger partial charge on any atom is -0.397 e. The smallest absolute Gasteiger partial charge is 0.251 e. The number of carbonyl (C=O) groups is 1. The quantitative estimate of drug-likeness (QED) is 0.709. The fourth-order valence-corrected chi connectivity index (χ4v) is 2.36. The number of hydrogen-bond donors (Lipinski definition) is 3. The van der Waals surface area contributed by atoms with E-state index in [1.165, 1.54) is 0 Å². The Balaban J connectivity index is 2.25. The van der Waals surface area contributed by atoms with Crippen molar-refractivity contribution in [1.82, 2.24) is 5.32 Å². The van der Waals surface area contributed by atoms with Gasteiger partial charge >= 0.3 is 0 Å². The summed E-state index contributed by atoms with van der Waals surface area (Å²) in [4.78, 5) is 11.8. The number of halogens is 2. The van der Waals surface area contributed by atoms with Crippen molar-refractivity contribution in [1.29, 1.82) is 0 Å². The summed E-state index contributed by atoms with van der Waals surface area (Å²) in [6.45, 7) is 2.45. The molecule has 0 atom stereocenters. The zero-order valence-corrected chi connectivity index (χ0v) is 13.8. The number of carbonyl (C=O) groups excluding carboxylic acids is 1. The van der Waals surface area contributed by atoms with Crippen LogP contribution < -0.4 is 16.4 Å². The molecule has 0 saturated carbocycles. The Morgan fingerprint density at radius 3 is 2.71 bits per heavy atom. The number of nitrogens with one attached hydrogen (secondary N) is 2. The van der Waals surface area contributed by atoms with Gasteiger partial charge < -0.3 is 16.4 Å². The molecule has 6 heteroatoms. The number of rotatable bonds is 4. The van der Waals surface area contributed by atoms with Gasteiger partial charge in [-0.1, -0.05) is 17.7 Å². The molecule has 4 N–H and O–H groups in total. The highest BCUT2D eigenvalue weighted by Gasteiger charge is 2.09. The SMILES string of the molecule is CCNC(=O)c1ccc(Nc2cccc(Cl)c2Br)c(N)c1. The van der Waals surface area contributed by atoms with Gasteiger partial charge in [0.05, 0.1) is 26.6 Å². The van der Waals surface area contributed by atoms with Crippen LogP contribution in [0.25, 0.3) is 0 Å². The lowest BCUT2D eigenvalue weighted by Crippen LogP contribution is -2.22. The molecule has 4 nitrogen and oxygen atoms in total. The second kappa shape index (κ2) is 6.83. The molecule has 1 amide bonds. The summed E-state index contributed by atoms with van der Waals surface area (Å²) in [5.74, 6) is -0.139. The van der Waals surface area contributed by atoms with E-state index in [-0.39, 0.29) is 5.91 Å². The van der Waals surface area contributed by atoms with Crippen molar-refractivity contribution in [3.8, 4) is 0 Å². The van der Waals surface area contributed by atoms with E-state index in [1.807, 2.05) is 19.1 Å². The highest BCUT2D eigenvalue weighted by molar-refractivity contribution is 9.10. The average Bonchev–Trinajstić information content (AvgIpc) is 2.46. The predicted octanol–water partition coefficient (Wildman–Crippen LogP) is 4.18. The molecule has 0 aliphatic carbocycles. The van der Waals surface area contributed by atoms with Crippen molar-refractivity contribution in [3.05, 3.63) is 51.5 Å². The van der Waals surface area contributed by atoms with Crippen molar-refractivity contribution < 1.29 is 4.79 Å². The van der Waals surface area contributed by atoms with E-state index in [9.17, 15) is 4.79 Å². The van der Waals surface area contributed by atoms with Crippen LogP contribution in [-0.2, 0) is 0 Å². The summed E-state index contributed by atoms with van der Waals surface area (Å²) in [6, 6.07) is 10.7. The number of nitrogen functional groups attached to an aromatic ring is 1. The van der Waals surface area contributed by atoms with Crippen molar-refractivity contribution in [2.75, 3.05) is 17.6 Å². The largest absolute Gasteiger partial charge is 0.397 e. The van der Waals surface area contributed by atoms with Gasteiger partial charge in [-0.2, -0.15) is 0 Å². The first-order valence-electron chi connectivity index (χ1n) is 6.41. The van der Waals surface area contributed by atoms with Gasteiger partial charge in [0, 0.05) is 12.1 Å². The molecule has 0 radical (unpaired) electrons. The number of nitrogens with two attached hydrogens (primary N) is 1. The van der Waals surface area contributed by atoms with Crippen LogP contribution in [-0.4, -0.2) is 12.5 Å². The fourth-order valence-electron chi connectivity index (χ4n) is 1.83. The Labute approximate surface area is 136 Å². The molecule has 0 heterocycles. The third kappa shape index (κ3) is 3.68. The van der Waals surface area contributed by atoms with Crippen LogP contribution in [0.4, 0.5) is 17.1 Å². The summed E-state index contributed by atoms with van der Waals surface area (Å²) in [5.41, 5.74) is 8.54. The lowest BCUT2D eigenvalue weighted by molar-refractivity contribution is 0.0956. The molecule has 21 heavy (non-hydrogen) atoms. The molecule has 0 aliphatic rings. The third-order valence-electron chi connectivity index (χ3n) is 2.87. The molecular formula is C15H15BrClN3O. The maximum atomic E-state index is 11.8. The first-order chi connectivity index (χ1) is 10.0. The molecule has 2 rings (SSSR count). The zero-order chi connectivity index (χ0) is 15.4. The Kier molecular flexibility index (Phi) is 5.09. The van der Waals surface area contributed by atoms with E-state index in [0.717, 1.165) is 10.2 Å². The molecule has 0 unspecified atom stereocenters. The van der Waals surface area contributed by atoms with Crippen molar-refractivity contribution in [3.63, 3.8) is 0 Å². The van der Waals surface area contributed by atoms with Gasteiger partial charge in [0.1, 0.15) is 0 Å². The first kappa shape index (κ1) is 15.7. The van der Waals surface area contributed by atoms with Gasteiger partial charge in [-0.15, -0.1) is 0 Å². The highest BCUT2D eigenvalue weighted by Crippen LogP contribution is 2.33. The van der Waals surface area contributed by atoms with Gasteiger partial charge in [-0.25, -0.2) is 0 Å². The van der Waals surface area contributed by atoms with E-state index < -0.39 is 0 Å². The average molecular weight is 369 g/mol. The van der Waals surface area contributed by atoms with Gasteiger partial charge in [0.15, 0.2) is 0 Å². The van der Waals surface area contributed by atoms with Gasteiger partial charge in [-0.3, -0.25) is 4.79 Å². The molecule has 2 aromatic rings. The van der Waals surface area contributed by atoms with Crippen LogP contribution in [0.1, 0.15) is 17.3 Å². The van der Waals surface area contributed by atoms with Gasteiger partial charge in [-0.05, 0) is 53.2 Å². The first-order valence-corrected chi connectivity index (χ1v) is 7.58. The van der Waals surface area contributed by atoms with Crippen LogP contribution in [0.2, 0.25) is 5.02 Å². The van der Waals surface area contributed by atoms with Crippen LogP contribution in [0.5, 0.6) is 0 Å². The molecule has 0 fully saturated rings. The number of amides is 1. The Morgan fingerprint density at radius 1 is 1.29 bits per heavy atom. The van der Waals surface area contributed by atoms with Crippen LogP contribution in [0.3, 0.4) is 0 Å². The van der Waals surface area contributed by atoms with Crippen LogP contribution >= 0.6 is 27.5 Å². The van der Waals surface area contributed by atoms with E-state index in [2.05, 4.69) is 26.6 Å². The molecule has 110 valence electrons. The summed E-state index contributed by atoms with van der Waals surface area (Å²) in [5, 5.41) is 6.54. The minimum atomic E-state index is -0.139. The normalized spacial score (nSPS) is 10.2. The molecule has 0 bridgehead atoms.